The fourth-order valence-corrected chi connectivity index (χ4v) is 2.80. The number of esters is 1. The molecule has 0 bridgehead atoms. The van der Waals surface area contributed by atoms with Gasteiger partial charge < -0.3 is 9.15 Å². The number of rotatable bonds is 5. The van der Waals surface area contributed by atoms with E-state index in [0.717, 1.165) is 5.56 Å². The first-order valence-corrected chi connectivity index (χ1v) is 8.64. The molecule has 26 heavy (non-hydrogen) atoms. The van der Waals surface area contributed by atoms with Crippen LogP contribution in [0.2, 0.25) is 0 Å². The molecule has 0 aliphatic heterocycles. The van der Waals surface area contributed by atoms with Crippen LogP contribution in [0.3, 0.4) is 0 Å². The molecular weight excluding hydrogens is 328 g/mol. The van der Waals surface area contributed by atoms with E-state index in [2.05, 4.69) is 0 Å². The number of benzene rings is 2. The van der Waals surface area contributed by atoms with Gasteiger partial charge in [0.1, 0.15) is 11.3 Å². The normalized spacial score (nSPS) is 11.2. The highest BCUT2D eigenvalue weighted by Crippen LogP contribution is 2.20. The maximum Gasteiger partial charge on any atom is 0.338 e. The third-order valence-corrected chi connectivity index (χ3v) is 4.11. The van der Waals surface area contributed by atoms with Gasteiger partial charge in [0, 0.05) is 5.56 Å². The van der Waals surface area contributed by atoms with Crippen molar-refractivity contribution < 1.29 is 13.9 Å². The Hall–Kier alpha value is -3.14. The Morgan fingerprint density at radius 2 is 1.85 bits per heavy atom. The number of ether oxygens (including phenoxy) is 1. The fourth-order valence-electron chi connectivity index (χ4n) is 2.80. The molecule has 0 radical (unpaired) electrons. The smallest absolute Gasteiger partial charge is 0.338 e. The number of hydrogen-bond acceptors (Lipinski definition) is 4. The Morgan fingerprint density at radius 3 is 2.54 bits per heavy atom. The summed E-state index contributed by atoms with van der Waals surface area (Å²) < 4.78 is 10.9. The number of carbonyl (C=O) groups excluding carboxylic acids is 1. The molecule has 2 aromatic carbocycles. The van der Waals surface area contributed by atoms with E-state index in [1.807, 2.05) is 49.4 Å². The van der Waals surface area contributed by atoms with Gasteiger partial charge in [0.05, 0.1) is 17.6 Å². The molecule has 4 heteroatoms. The first-order chi connectivity index (χ1) is 12.6. The van der Waals surface area contributed by atoms with Crippen LogP contribution in [0, 0.1) is 0 Å². The lowest BCUT2D eigenvalue weighted by molar-refractivity contribution is 0.0526. The van der Waals surface area contributed by atoms with E-state index in [-0.39, 0.29) is 12.0 Å². The molecule has 1 heterocycles. The molecule has 0 saturated heterocycles. The summed E-state index contributed by atoms with van der Waals surface area (Å²) in [5, 5.41) is 0.393. The van der Waals surface area contributed by atoms with E-state index in [1.54, 1.807) is 25.1 Å². The van der Waals surface area contributed by atoms with Gasteiger partial charge in [-0.25, -0.2) is 4.79 Å². The van der Waals surface area contributed by atoms with Crippen molar-refractivity contribution in [3.05, 3.63) is 81.2 Å². The zero-order valence-corrected chi connectivity index (χ0v) is 14.8. The van der Waals surface area contributed by atoms with E-state index >= 15 is 0 Å². The highest BCUT2D eigenvalue weighted by Gasteiger charge is 2.14. The van der Waals surface area contributed by atoms with Crippen molar-refractivity contribution in [1.29, 1.82) is 0 Å². The summed E-state index contributed by atoms with van der Waals surface area (Å²) in [7, 11) is 0. The Bertz CT molecular complexity index is 1010. The van der Waals surface area contributed by atoms with Crippen LogP contribution in [0.5, 0.6) is 0 Å². The molecule has 0 spiro atoms. The van der Waals surface area contributed by atoms with Crippen LogP contribution >= 0.6 is 0 Å². The first-order valence-electron chi connectivity index (χ1n) is 8.64. The van der Waals surface area contributed by atoms with Crippen LogP contribution in [0.4, 0.5) is 0 Å². The van der Waals surface area contributed by atoms with Crippen molar-refractivity contribution in [3.63, 3.8) is 0 Å². The Labute approximate surface area is 151 Å². The number of carbonyl (C=O) groups is 1. The maximum atomic E-state index is 12.9. The molecule has 0 fully saturated rings. The van der Waals surface area contributed by atoms with Crippen molar-refractivity contribution in [2.45, 2.75) is 20.3 Å². The molecule has 0 aliphatic carbocycles. The average Bonchev–Trinajstić information content (AvgIpc) is 2.67. The minimum Gasteiger partial charge on any atom is -0.462 e. The molecule has 0 atom stereocenters. The summed E-state index contributed by atoms with van der Waals surface area (Å²) in [6.45, 7) is 3.94. The molecule has 1 aromatic heterocycles. The molecule has 4 nitrogen and oxygen atoms in total. The lowest BCUT2D eigenvalue weighted by Crippen LogP contribution is -2.12. The molecule has 0 amide bonds. The zero-order chi connectivity index (χ0) is 18.5. The summed E-state index contributed by atoms with van der Waals surface area (Å²) in [5.74, 6) is 0.0950. The SMILES string of the molecule is CCOC(=O)c1ccc2oc(/C=C\c3ccccc3)c(CC)c(=O)c2c1. The summed E-state index contributed by atoms with van der Waals surface area (Å²) in [5.41, 5.74) is 2.29. The molecule has 0 unspecified atom stereocenters. The van der Waals surface area contributed by atoms with Crippen molar-refractivity contribution in [1.82, 2.24) is 0 Å². The molecule has 132 valence electrons. The monoisotopic (exact) mass is 348 g/mol. The van der Waals surface area contributed by atoms with Gasteiger partial charge in [-0.3, -0.25) is 4.79 Å². The Morgan fingerprint density at radius 1 is 1.08 bits per heavy atom. The number of fused-ring (bicyclic) bond motifs is 1. The standard InChI is InChI=1S/C22H20O4/c1-3-17-19(12-10-15-8-6-5-7-9-15)26-20-13-11-16(22(24)25-4-2)14-18(20)21(17)23/h5-14H,3-4H2,1-2H3/b12-10-. The minimum atomic E-state index is -0.445. The third-order valence-electron chi connectivity index (χ3n) is 4.11. The minimum absolute atomic E-state index is 0.118. The fraction of sp³-hybridized carbons (Fsp3) is 0.182. The second kappa shape index (κ2) is 7.83. The summed E-state index contributed by atoms with van der Waals surface area (Å²) in [6.07, 6.45) is 4.26. The third kappa shape index (κ3) is 3.59. The van der Waals surface area contributed by atoms with Crippen LogP contribution < -0.4 is 5.43 Å². The maximum absolute atomic E-state index is 12.9. The van der Waals surface area contributed by atoms with E-state index in [4.69, 9.17) is 9.15 Å². The van der Waals surface area contributed by atoms with Gasteiger partial charge in [0.25, 0.3) is 0 Å². The van der Waals surface area contributed by atoms with Crippen LogP contribution in [-0.2, 0) is 11.2 Å². The predicted molar refractivity (Wildman–Crippen MR) is 103 cm³/mol. The van der Waals surface area contributed by atoms with Crippen LogP contribution in [-0.4, -0.2) is 12.6 Å². The van der Waals surface area contributed by atoms with Crippen molar-refractivity contribution in [2.75, 3.05) is 6.61 Å². The largest absolute Gasteiger partial charge is 0.462 e. The number of hydrogen-bond donors (Lipinski definition) is 0. The molecular formula is C22H20O4. The molecule has 0 aliphatic rings. The highest BCUT2D eigenvalue weighted by atomic mass is 16.5. The predicted octanol–water partition coefficient (Wildman–Crippen LogP) is 4.70. The topological polar surface area (TPSA) is 56.5 Å². The van der Waals surface area contributed by atoms with Crippen LogP contribution in [0.15, 0.2) is 57.7 Å². The quantitative estimate of drug-likeness (QED) is 0.627. The van der Waals surface area contributed by atoms with E-state index in [9.17, 15) is 9.59 Å². The first kappa shape index (κ1) is 17.7. The Balaban J connectivity index is 2.08. The lowest BCUT2D eigenvalue weighted by atomic mass is 10.0. The Kier molecular flexibility index (Phi) is 5.32. The second-order valence-electron chi connectivity index (χ2n) is 5.80. The van der Waals surface area contributed by atoms with Gasteiger partial charge in [0.15, 0.2) is 5.43 Å². The molecule has 0 N–H and O–H groups in total. The summed E-state index contributed by atoms with van der Waals surface area (Å²) >= 11 is 0. The molecule has 3 aromatic rings. The van der Waals surface area contributed by atoms with Crippen molar-refractivity contribution in [3.8, 4) is 0 Å². The van der Waals surface area contributed by atoms with Gasteiger partial charge >= 0.3 is 5.97 Å². The van der Waals surface area contributed by atoms with Crippen LogP contribution in [0.25, 0.3) is 23.1 Å². The highest BCUT2D eigenvalue weighted by molar-refractivity contribution is 5.94. The molecule has 3 rings (SSSR count). The second-order valence-corrected chi connectivity index (χ2v) is 5.80. The summed E-state index contributed by atoms with van der Waals surface area (Å²) in [4.78, 5) is 24.8. The summed E-state index contributed by atoms with van der Waals surface area (Å²) in [6, 6.07) is 14.6. The van der Waals surface area contributed by atoms with Gasteiger partial charge in [-0.15, -0.1) is 0 Å². The van der Waals surface area contributed by atoms with E-state index < -0.39 is 5.97 Å². The van der Waals surface area contributed by atoms with E-state index in [0.29, 0.717) is 34.3 Å². The zero-order valence-electron chi connectivity index (χ0n) is 14.8. The van der Waals surface area contributed by atoms with Gasteiger partial charge in [0.2, 0.25) is 0 Å². The lowest BCUT2D eigenvalue weighted by Gasteiger charge is -2.07. The van der Waals surface area contributed by atoms with Crippen molar-refractivity contribution >= 4 is 29.1 Å². The van der Waals surface area contributed by atoms with Crippen molar-refractivity contribution in [2.24, 2.45) is 0 Å². The van der Waals surface area contributed by atoms with Gasteiger partial charge in [-0.05, 0) is 43.2 Å². The van der Waals surface area contributed by atoms with Gasteiger partial charge in [-0.2, -0.15) is 0 Å². The van der Waals surface area contributed by atoms with Gasteiger partial charge in [-0.1, -0.05) is 43.3 Å². The van der Waals surface area contributed by atoms with E-state index in [1.165, 1.54) is 0 Å². The average molecular weight is 348 g/mol. The molecule has 0 saturated carbocycles. The van der Waals surface area contributed by atoms with Crippen LogP contribution in [0.1, 0.15) is 41.1 Å².